The molecule has 1 aliphatic carbocycles. The topological polar surface area (TPSA) is 69.6 Å². The summed E-state index contributed by atoms with van der Waals surface area (Å²) in [7, 11) is 0. The quantitative estimate of drug-likeness (QED) is 0.831. The number of likely N-dealkylation sites (tertiary alicyclic amines) is 1. The number of carbonyl (C=O) groups excluding carboxylic acids is 1. The number of hydrogen-bond donors (Lipinski definition) is 2. The van der Waals surface area contributed by atoms with Crippen LogP contribution < -0.4 is 5.32 Å². The molecule has 2 fully saturated rings. The number of rotatable bonds is 4. The van der Waals surface area contributed by atoms with Gasteiger partial charge in [0.1, 0.15) is 0 Å². The Kier molecular flexibility index (Phi) is 4.25. The highest BCUT2D eigenvalue weighted by molar-refractivity contribution is 5.80. The summed E-state index contributed by atoms with van der Waals surface area (Å²) < 4.78 is 0. The number of carboxylic acids is 1. The minimum absolute atomic E-state index is 0.0295. The standard InChI is InChI=1S/C15H26N2O3/c1-10(2)15(13(18)19)7-8-17(9-15)14(20)16-11(3)12-5-4-6-12/h10-12H,4-9H2,1-3H3,(H,16,20)(H,18,19). The number of nitrogens with one attached hydrogen (secondary N) is 1. The summed E-state index contributed by atoms with van der Waals surface area (Å²) in [5.74, 6) is -0.160. The predicted molar refractivity (Wildman–Crippen MR) is 76.4 cm³/mol. The molecular formula is C15H26N2O3. The molecule has 5 nitrogen and oxygen atoms in total. The SMILES string of the molecule is CC(NC(=O)N1CCC(C(=O)O)(C(C)C)C1)C1CCC1. The molecule has 1 heterocycles. The van der Waals surface area contributed by atoms with Crippen molar-refractivity contribution in [2.45, 2.75) is 52.5 Å². The van der Waals surface area contributed by atoms with E-state index in [1.807, 2.05) is 20.8 Å². The van der Waals surface area contributed by atoms with Gasteiger partial charge in [0.05, 0.1) is 5.41 Å². The van der Waals surface area contributed by atoms with Gasteiger partial charge in [-0.2, -0.15) is 0 Å². The lowest BCUT2D eigenvalue weighted by atomic mass is 9.76. The van der Waals surface area contributed by atoms with Gasteiger partial charge in [0.15, 0.2) is 0 Å². The zero-order valence-corrected chi connectivity index (χ0v) is 12.7. The summed E-state index contributed by atoms with van der Waals surface area (Å²) in [4.78, 5) is 25.5. The molecule has 0 aromatic rings. The Hall–Kier alpha value is -1.26. The molecule has 1 aliphatic heterocycles. The fourth-order valence-electron chi connectivity index (χ4n) is 3.24. The van der Waals surface area contributed by atoms with Gasteiger partial charge >= 0.3 is 12.0 Å². The molecule has 2 atom stereocenters. The van der Waals surface area contributed by atoms with Crippen LogP contribution in [0.25, 0.3) is 0 Å². The van der Waals surface area contributed by atoms with E-state index in [2.05, 4.69) is 5.32 Å². The second-order valence-corrected chi connectivity index (χ2v) is 6.72. The van der Waals surface area contributed by atoms with Gasteiger partial charge in [-0.15, -0.1) is 0 Å². The van der Waals surface area contributed by atoms with Crippen molar-refractivity contribution in [1.29, 1.82) is 0 Å². The van der Waals surface area contributed by atoms with Gasteiger partial charge in [-0.25, -0.2) is 4.79 Å². The van der Waals surface area contributed by atoms with E-state index in [-0.39, 0.29) is 18.0 Å². The largest absolute Gasteiger partial charge is 0.481 e. The Balaban J connectivity index is 1.94. The molecule has 0 bridgehead atoms. The van der Waals surface area contributed by atoms with E-state index >= 15 is 0 Å². The first-order valence-corrected chi connectivity index (χ1v) is 7.65. The van der Waals surface area contributed by atoms with Gasteiger partial charge in [0, 0.05) is 19.1 Å². The van der Waals surface area contributed by atoms with E-state index in [9.17, 15) is 14.7 Å². The summed E-state index contributed by atoms with van der Waals surface area (Å²) in [5.41, 5.74) is -0.781. The highest BCUT2D eigenvalue weighted by Gasteiger charge is 2.48. The second-order valence-electron chi connectivity index (χ2n) is 6.72. The van der Waals surface area contributed by atoms with E-state index in [0.29, 0.717) is 25.4 Å². The predicted octanol–water partition coefficient (Wildman–Crippen LogP) is 2.32. The van der Waals surface area contributed by atoms with Crippen LogP contribution in [-0.4, -0.2) is 41.1 Å². The lowest BCUT2D eigenvalue weighted by Crippen LogP contribution is -2.48. The average molecular weight is 282 g/mol. The molecule has 114 valence electrons. The molecular weight excluding hydrogens is 256 g/mol. The molecule has 0 aromatic carbocycles. The smallest absolute Gasteiger partial charge is 0.317 e. The Morgan fingerprint density at radius 1 is 1.30 bits per heavy atom. The van der Waals surface area contributed by atoms with Crippen molar-refractivity contribution in [3.8, 4) is 0 Å². The Morgan fingerprint density at radius 3 is 2.35 bits per heavy atom. The third-order valence-electron chi connectivity index (χ3n) is 5.33. The van der Waals surface area contributed by atoms with Crippen LogP contribution in [0.5, 0.6) is 0 Å². The summed E-state index contributed by atoms with van der Waals surface area (Å²) >= 11 is 0. The Morgan fingerprint density at radius 2 is 1.95 bits per heavy atom. The Bertz CT molecular complexity index is 393. The maximum Gasteiger partial charge on any atom is 0.317 e. The fourth-order valence-corrected chi connectivity index (χ4v) is 3.24. The highest BCUT2D eigenvalue weighted by Crippen LogP contribution is 2.38. The number of amides is 2. The molecule has 2 N–H and O–H groups in total. The minimum Gasteiger partial charge on any atom is -0.481 e. The first-order chi connectivity index (χ1) is 9.36. The molecule has 5 heteroatoms. The molecule has 0 radical (unpaired) electrons. The van der Waals surface area contributed by atoms with Crippen LogP contribution in [0.15, 0.2) is 0 Å². The highest BCUT2D eigenvalue weighted by atomic mass is 16.4. The maximum absolute atomic E-state index is 12.3. The maximum atomic E-state index is 12.3. The van der Waals surface area contributed by atoms with Crippen molar-refractivity contribution in [3.05, 3.63) is 0 Å². The van der Waals surface area contributed by atoms with E-state index in [4.69, 9.17) is 0 Å². The van der Waals surface area contributed by atoms with Gasteiger partial charge in [-0.1, -0.05) is 20.3 Å². The minimum atomic E-state index is -0.783. The monoisotopic (exact) mass is 282 g/mol. The lowest BCUT2D eigenvalue weighted by Gasteiger charge is -2.33. The van der Waals surface area contributed by atoms with Crippen molar-refractivity contribution in [1.82, 2.24) is 10.2 Å². The van der Waals surface area contributed by atoms with Gasteiger partial charge < -0.3 is 15.3 Å². The Labute approximate surface area is 120 Å². The van der Waals surface area contributed by atoms with Crippen LogP contribution >= 0.6 is 0 Å². The van der Waals surface area contributed by atoms with Crippen molar-refractivity contribution in [2.75, 3.05) is 13.1 Å². The molecule has 2 rings (SSSR count). The number of carbonyl (C=O) groups is 2. The van der Waals surface area contributed by atoms with Crippen LogP contribution in [0, 0.1) is 17.3 Å². The molecule has 0 spiro atoms. The van der Waals surface area contributed by atoms with Crippen molar-refractivity contribution in [2.24, 2.45) is 17.3 Å². The van der Waals surface area contributed by atoms with Crippen LogP contribution in [0.1, 0.15) is 46.5 Å². The number of hydrogen-bond acceptors (Lipinski definition) is 2. The average Bonchev–Trinajstić information content (AvgIpc) is 2.72. The van der Waals surface area contributed by atoms with E-state index in [0.717, 1.165) is 0 Å². The fraction of sp³-hybridized carbons (Fsp3) is 0.867. The van der Waals surface area contributed by atoms with Crippen LogP contribution in [0.3, 0.4) is 0 Å². The van der Waals surface area contributed by atoms with Crippen molar-refractivity contribution < 1.29 is 14.7 Å². The summed E-state index contributed by atoms with van der Waals surface area (Å²) in [6.45, 7) is 6.75. The van der Waals surface area contributed by atoms with E-state index in [1.165, 1.54) is 19.3 Å². The first kappa shape index (κ1) is 15.1. The third-order valence-corrected chi connectivity index (χ3v) is 5.33. The summed E-state index contributed by atoms with van der Waals surface area (Å²) in [5, 5.41) is 12.5. The van der Waals surface area contributed by atoms with Crippen molar-refractivity contribution in [3.63, 3.8) is 0 Å². The van der Waals surface area contributed by atoms with Crippen molar-refractivity contribution >= 4 is 12.0 Å². The number of urea groups is 1. The molecule has 0 aromatic heterocycles. The first-order valence-electron chi connectivity index (χ1n) is 7.65. The van der Waals surface area contributed by atoms with Gasteiger partial charge in [-0.05, 0) is 38.0 Å². The molecule has 20 heavy (non-hydrogen) atoms. The molecule has 2 unspecified atom stereocenters. The summed E-state index contributed by atoms with van der Waals surface area (Å²) in [6.07, 6.45) is 4.17. The van der Waals surface area contributed by atoms with E-state index in [1.54, 1.807) is 4.90 Å². The number of nitrogens with zero attached hydrogens (tertiary/aromatic N) is 1. The van der Waals surface area contributed by atoms with Gasteiger partial charge in [0.2, 0.25) is 0 Å². The van der Waals surface area contributed by atoms with Crippen LogP contribution in [-0.2, 0) is 4.79 Å². The number of aliphatic carboxylic acids is 1. The zero-order chi connectivity index (χ0) is 14.9. The van der Waals surface area contributed by atoms with Crippen LogP contribution in [0.4, 0.5) is 4.79 Å². The normalized spacial score (nSPS) is 28.3. The van der Waals surface area contributed by atoms with E-state index < -0.39 is 11.4 Å². The van der Waals surface area contributed by atoms with Gasteiger partial charge in [-0.3, -0.25) is 4.79 Å². The second kappa shape index (κ2) is 5.62. The van der Waals surface area contributed by atoms with Crippen LogP contribution in [0.2, 0.25) is 0 Å². The third kappa shape index (κ3) is 2.63. The zero-order valence-electron chi connectivity index (χ0n) is 12.7. The number of carboxylic acid groups (broad SMARTS) is 1. The lowest BCUT2D eigenvalue weighted by molar-refractivity contribution is -0.150. The van der Waals surface area contributed by atoms with Gasteiger partial charge in [0.25, 0.3) is 0 Å². The molecule has 2 aliphatic rings. The molecule has 2 amide bonds. The summed E-state index contributed by atoms with van der Waals surface area (Å²) in [6, 6.07) is 0.0864. The molecule has 1 saturated heterocycles. The molecule has 1 saturated carbocycles.